The lowest BCUT2D eigenvalue weighted by molar-refractivity contribution is 0.0946. The van der Waals surface area contributed by atoms with Gasteiger partial charge in [-0.3, -0.25) is 9.10 Å². The molecule has 0 aliphatic rings. The summed E-state index contributed by atoms with van der Waals surface area (Å²) in [5, 5.41) is 6.74. The summed E-state index contributed by atoms with van der Waals surface area (Å²) < 4.78 is 31.8. The lowest BCUT2D eigenvalue weighted by Gasteiger charge is -2.26. The molecule has 8 nitrogen and oxygen atoms in total. The molecule has 186 valence electrons. The average molecular weight is 505 g/mol. The van der Waals surface area contributed by atoms with Gasteiger partial charge in [0.2, 0.25) is 21.7 Å². The summed E-state index contributed by atoms with van der Waals surface area (Å²) in [5.74, 6) is 0.460. The molecule has 0 radical (unpaired) electrons. The molecule has 0 unspecified atom stereocenters. The van der Waals surface area contributed by atoms with Crippen molar-refractivity contribution in [3.63, 3.8) is 0 Å². The van der Waals surface area contributed by atoms with Gasteiger partial charge in [-0.25, -0.2) is 8.42 Å². The highest BCUT2D eigenvalue weighted by atomic mass is 32.2. The SMILES string of the molecule is Cc1ccc(-c2noc(CNC(=O)c3ccc(CN(c4c(C)cccc4C)S(C)(=O)=O)cc3)n2)cc1. The van der Waals surface area contributed by atoms with Crippen LogP contribution in [0.25, 0.3) is 11.4 Å². The van der Waals surface area contributed by atoms with E-state index >= 15 is 0 Å². The van der Waals surface area contributed by atoms with Crippen LogP contribution in [-0.4, -0.2) is 30.7 Å². The van der Waals surface area contributed by atoms with Crippen LogP contribution in [0, 0.1) is 20.8 Å². The Morgan fingerprint density at radius 3 is 2.19 bits per heavy atom. The number of carbonyl (C=O) groups excluding carboxylic acids is 1. The second kappa shape index (κ2) is 10.3. The van der Waals surface area contributed by atoms with Crippen molar-refractivity contribution in [1.82, 2.24) is 15.5 Å². The molecule has 3 aromatic carbocycles. The topological polar surface area (TPSA) is 105 Å². The van der Waals surface area contributed by atoms with Crippen molar-refractivity contribution in [3.05, 3.63) is 100 Å². The zero-order valence-electron chi connectivity index (χ0n) is 20.6. The molecule has 1 amide bonds. The van der Waals surface area contributed by atoms with Crippen molar-refractivity contribution in [2.45, 2.75) is 33.9 Å². The number of para-hydroxylation sites is 1. The van der Waals surface area contributed by atoms with Crippen LogP contribution in [0.15, 0.2) is 71.3 Å². The summed E-state index contributed by atoms with van der Waals surface area (Å²) in [6, 6.07) is 20.3. The number of rotatable bonds is 8. The minimum Gasteiger partial charge on any atom is -0.343 e. The fourth-order valence-electron chi connectivity index (χ4n) is 3.89. The molecule has 0 spiro atoms. The number of amides is 1. The molecule has 1 heterocycles. The summed E-state index contributed by atoms with van der Waals surface area (Å²) in [7, 11) is -3.52. The molecule has 0 bridgehead atoms. The number of nitrogens with zero attached hydrogens (tertiary/aromatic N) is 3. The number of aryl methyl sites for hydroxylation is 3. The monoisotopic (exact) mass is 504 g/mol. The highest BCUT2D eigenvalue weighted by Crippen LogP contribution is 2.28. The van der Waals surface area contributed by atoms with Crippen molar-refractivity contribution < 1.29 is 17.7 Å². The van der Waals surface area contributed by atoms with Crippen molar-refractivity contribution in [3.8, 4) is 11.4 Å². The molecule has 0 saturated carbocycles. The van der Waals surface area contributed by atoms with Crippen LogP contribution in [-0.2, 0) is 23.1 Å². The maximum Gasteiger partial charge on any atom is 0.251 e. The van der Waals surface area contributed by atoms with E-state index in [1.54, 1.807) is 24.3 Å². The molecule has 9 heteroatoms. The molecule has 1 aromatic heterocycles. The second-order valence-electron chi connectivity index (χ2n) is 8.77. The Hall–Kier alpha value is -3.98. The summed E-state index contributed by atoms with van der Waals surface area (Å²) in [4.78, 5) is 17.0. The molecule has 4 aromatic rings. The molecule has 0 saturated heterocycles. The highest BCUT2D eigenvalue weighted by Gasteiger charge is 2.21. The first-order valence-corrected chi connectivity index (χ1v) is 13.3. The van der Waals surface area contributed by atoms with E-state index in [9.17, 15) is 13.2 Å². The number of hydrogen-bond acceptors (Lipinski definition) is 6. The first-order chi connectivity index (χ1) is 17.1. The van der Waals surface area contributed by atoms with Crippen LogP contribution in [0.4, 0.5) is 5.69 Å². The van der Waals surface area contributed by atoms with Gasteiger partial charge in [-0.05, 0) is 49.6 Å². The molecule has 4 rings (SSSR count). The van der Waals surface area contributed by atoms with Gasteiger partial charge in [0.25, 0.3) is 5.91 Å². The van der Waals surface area contributed by atoms with Gasteiger partial charge in [0.1, 0.15) is 0 Å². The van der Waals surface area contributed by atoms with Gasteiger partial charge in [-0.15, -0.1) is 0 Å². The van der Waals surface area contributed by atoms with Gasteiger partial charge in [0.05, 0.1) is 25.0 Å². The van der Waals surface area contributed by atoms with Crippen molar-refractivity contribution in [2.75, 3.05) is 10.6 Å². The largest absolute Gasteiger partial charge is 0.343 e. The molecule has 0 aliphatic carbocycles. The van der Waals surface area contributed by atoms with Crippen molar-refractivity contribution in [1.29, 1.82) is 0 Å². The Morgan fingerprint density at radius 1 is 0.944 bits per heavy atom. The zero-order valence-corrected chi connectivity index (χ0v) is 21.5. The van der Waals surface area contributed by atoms with Gasteiger partial charge < -0.3 is 9.84 Å². The minimum absolute atomic E-state index is 0.0911. The van der Waals surface area contributed by atoms with Gasteiger partial charge >= 0.3 is 0 Å². The maximum absolute atomic E-state index is 12.6. The first-order valence-electron chi connectivity index (χ1n) is 11.4. The molecular weight excluding hydrogens is 476 g/mol. The Labute approximate surface area is 211 Å². The predicted molar refractivity (Wildman–Crippen MR) is 139 cm³/mol. The van der Waals surface area contributed by atoms with E-state index in [1.807, 2.05) is 63.2 Å². The van der Waals surface area contributed by atoms with E-state index in [0.29, 0.717) is 23.0 Å². The number of benzene rings is 3. The Bertz CT molecular complexity index is 1460. The van der Waals surface area contributed by atoms with E-state index in [1.165, 1.54) is 10.6 Å². The van der Waals surface area contributed by atoms with E-state index in [-0.39, 0.29) is 19.0 Å². The van der Waals surface area contributed by atoms with E-state index in [4.69, 9.17) is 4.52 Å². The number of carbonyl (C=O) groups is 1. The zero-order chi connectivity index (χ0) is 25.9. The standard InChI is InChI=1S/C27H28N4O4S/c1-18-8-12-22(13-9-18)26-29-24(35-30-26)16-28-27(32)23-14-10-21(11-15-23)17-31(36(4,33)34)25-19(2)6-5-7-20(25)3/h5-15H,16-17H2,1-4H3,(H,28,32). The fraction of sp³-hybridized carbons (Fsp3) is 0.222. The third-order valence-corrected chi connectivity index (χ3v) is 6.92. The Kier molecular flexibility index (Phi) is 7.21. The number of anilines is 1. The van der Waals surface area contributed by atoms with Crippen LogP contribution < -0.4 is 9.62 Å². The normalized spacial score (nSPS) is 11.3. The Morgan fingerprint density at radius 2 is 1.58 bits per heavy atom. The number of hydrogen-bond donors (Lipinski definition) is 1. The second-order valence-corrected chi connectivity index (χ2v) is 10.7. The summed E-state index contributed by atoms with van der Waals surface area (Å²) in [6.07, 6.45) is 1.20. The first kappa shape index (κ1) is 25.1. The molecule has 36 heavy (non-hydrogen) atoms. The average Bonchev–Trinajstić information content (AvgIpc) is 3.31. The number of aromatic nitrogens is 2. The molecular formula is C27H28N4O4S. The number of nitrogens with one attached hydrogen (secondary N) is 1. The molecule has 1 N–H and O–H groups in total. The van der Waals surface area contributed by atoms with Crippen LogP contribution in [0.2, 0.25) is 0 Å². The van der Waals surface area contributed by atoms with Crippen LogP contribution in [0.1, 0.15) is 38.5 Å². The summed E-state index contributed by atoms with van der Waals surface area (Å²) in [6.45, 7) is 6.03. The fourth-order valence-corrected chi connectivity index (χ4v) is 4.90. The summed E-state index contributed by atoms with van der Waals surface area (Å²) in [5.41, 5.74) is 5.60. The molecule has 0 atom stereocenters. The van der Waals surface area contributed by atoms with E-state index in [0.717, 1.165) is 27.8 Å². The molecule has 0 fully saturated rings. The maximum atomic E-state index is 12.6. The van der Waals surface area contributed by atoms with Crippen molar-refractivity contribution >= 4 is 21.6 Å². The predicted octanol–water partition coefficient (Wildman–Crippen LogP) is 4.56. The third kappa shape index (κ3) is 5.80. The van der Waals surface area contributed by atoms with E-state index in [2.05, 4.69) is 15.5 Å². The number of sulfonamides is 1. The lowest BCUT2D eigenvalue weighted by Crippen LogP contribution is -2.30. The quantitative estimate of drug-likeness (QED) is 0.377. The highest BCUT2D eigenvalue weighted by molar-refractivity contribution is 7.92. The van der Waals surface area contributed by atoms with Crippen LogP contribution in [0.3, 0.4) is 0 Å². The molecule has 0 aliphatic heterocycles. The van der Waals surface area contributed by atoms with Crippen molar-refractivity contribution in [2.24, 2.45) is 0 Å². The van der Waals surface area contributed by atoms with Gasteiger partial charge in [-0.1, -0.05) is 65.3 Å². The van der Waals surface area contributed by atoms with Gasteiger partial charge in [0.15, 0.2) is 0 Å². The van der Waals surface area contributed by atoms with E-state index < -0.39 is 10.0 Å². The lowest BCUT2D eigenvalue weighted by atomic mass is 10.1. The minimum atomic E-state index is -3.52. The Balaban J connectivity index is 1.42. The van der Waals surface area contributed by atoms with Crippen LogP contribution >= 0.6 is 0 Å². The third-order valence-electron chi connectivity index (χ3n) is 5.81. The van der Waals surface area contributed by atoms with Gasteiger partial charge in [0, 0.05) is 11.1 Å². The smallest absolute Gasteiger partial charge is 0.251 e. The van der Waals surface area contributed by atoms with Gasteiger partial charge in [-0.2, -0.15) is 4.98 Å². The summed E-state index contributed by atoms with van der Waals surface area (Å²) >= 11 is 0. The van der Waals surface area contributed by atoms with Crippen LogP contribution in [0.5, 0.6) is 0 Å².